The molecule has 0 unspecified atom stereocenters. The number of ether oxygens (including phenoxy) is 1. The Balaban J connectivity index is 1.42. The molecule has 1 atom stereocenters. The molecule has 34 heavy (non-hydrogen) atoms. The van der Waals surface area contributed by atoms with Gasteiger partial charge >= 0.3 is 5.97 Å². The van der Waals surface area contributed by atoms with E-state index in [0.29, 0.717) is 38.1 Å². The van der Waals surface area contributed by atoms with Crippen molar-refractivity contribution in [3.63, 3.8) is 0 Å². The van der Waals surface area contributed by atoms with E-state index in [4.69, 9.17) is 4.74 Å². The van der Waals surface area contributed by atoms with Crippen LogP contribution in [0.25, 0.3) is 10.9 Å². The molecule has 0 saturated carbocycles. The number of aryl methyl sites for hydroxylation is 1. The van der Waals surface area contributed by atoms with Crippen LogP contribution in [0.1, 0.15) is 53.0 Å². The van der Waals surface area contributed by atoms with Crippen molar-refractivity contribution in [2.24, 2.45) is 5.92 Å². The quantitative estimate of drug-likeness (QED) is 0.588. The molecule has 1 fully saturated rings. The molecule has 1 aromatic heterocycles. The van der Waals surface area contributed by atoms with Crippen molar-refractivity contribution in [1.29, 1.82) is 0 Å². The lowest BCUT2D eigenvalue weighted by Gasteiger charge is -2.33. The highest BCUT2D eigenvalue weighted by molar-refractivity contribution is 6.02. The predicted molar refractivity (Wildman–Crippen MR) is 128 cm³/mol. The number of nitrogens with one attached hydrogen (secondary N) is 1. The zero-order valence-electron chi connectivity index (χ0n) is 19.5. The Kier molecular flexibility index (Phi) is 5.86. The molecule has 3 heterocycles. The van der Waals surface area contributed by atoms with Gasteiger partial charge in [-0.25, -0.2) is 0 Å². The summed E-state index contributed by atoms with van der Waals surface area (Å²) in [5, 5.41) is 1.06. The van der Waals surface area contributed by atoms with E-state index >= 15 is 0 Å². The van der Waals surface area contributed by atoms with Crippen molar-refractivity contribution in [2.75, 3.05) is 26.2 Å². The van der Waals surface area contributed by atoms with Gasteiger partial charge in [0.15, 0.2) is 0 Å². The zero-order valence-corrected chi connectivity index (χ0v) is 19.5. The summed E-state index contributed by atoms with van der Waals surface area (Å²) in [6.45, 7) is 5.17. The topological polar surface area (TPSA) is 82.7 Å². The van der Waals surface area contributed by atoms with Crippen LogP contribution in [0, 0.1) is 12.8 Å². The molecular formula is C27H29N3O4. The van der Waals surface area contributed by atoms with Gasteiger partial charge in [-0.3, -0.25) is 14.4 Å². The van der Waals surface area contributed by atoms with Gasteiger partial charge in [-0.15, -0.1) is 0 Å². The average molecular weight is 460 g/mol. The first-order valence-electron chi connectivity index (χ1n) is 11.9. The summed E-state index contributed by atoms with van der Waals surface area (Å²) < 4.78 is 5.14. The van der Waals surface area contributed by atoms with Crippen LogP contribution >= 0.6 is 0 Å². The molecule has 1 N–H and O–H groups in total. The number of para-hydroxylation sites is 1. The molecule has 176 valence electrons. The summed E-state index contributed by atoms with van der Waals surface area (Å²) in [5.41, 5.74) is 4.60. The normalized spacial score (nSPS) is 18.4. The number of hydrogen-bond acceptors (Lipinski definition) is 4. The number of amides is 2. The van der Waals surface area contributed by atoms with Gasteiger partial charge < -0.3 is 19.5 Å². The monoisotopic (exact) mass is 459 g/mol. The number of aromatic nitrogens is 1. The second-order valence-corrected chi connectivity index (χ2v) is 9.04. The molecule has 0 aliphatic carbocycles. The summed E-state index contributed by atoms with van der Waals surface area (Å²) in [5.74, 6) is -0.566. The number of carbonyl (C=O) groups is 3. The molecular weight excluding hydrogens is 430 g/mol. The molecule has 3 aromatic rings. The molecule has 7 heteroatoms. The van der Waals surface area contributed by atoms with Gasteiger partial charge in [-0.05, 0) is 44.4 Å². The number of esters is 1. The Bertz CT molecular complexity index is 1260. The molecule has 2 aliphatic heterocycles. The third kappa shape index (κ3) is 3.75. The lowest BCUT2D eigenvalue weighted by Crippen LogP contribution is -2.46. The van der Waals surface area contributed by atoms with Crippen LogP contribution in [0.5, 0.6) is 0 Å². The van der Waals surface area contributed by atoms with Gasteiger partial charge in [0, 0.05) is 40.8 Å². The summed E-state index contributed by atoms with van der Waals surface area (Å²) in [7, 11) is 0. The fraction of sp³-hybridized carbons (Fsp3) is 0.370. The maximum absolute atomic E-state index is 13.5. The van der Waals surface area contributed by atoms with Crippen molar-refractivity contribution in [3.8, 4) is 0 Å². The van der Waals surface area contributed by atoms with E-state index in [-0.39, 0.29) is 36.3 Å². The van der Waals surface area contributed by atoms with Crippen molar-refractivity contribution >= 4 is 28.7 Å². The first-order chi connectivity index (χ1) is 16.5. The molecule has 7 nitrogen and oxygen atoms in total. The third-order valence-corrected chi connectivity index (χ3v) is 7.05. The van der Waals surface area contributed by atoms with Gasteiger partial charge in [0.1, 0.15) is 6.54 Å². The van der Waals surface area contributed by atoms with Crippen molar-refractivity contribution in [1.82, 2.24) is 14.8 Å². The van der Waals surface area contributed by atoms with E-state index in [2.05, 4.69) is 11.1 Å². The molecule has 1 saturated heterocycles. The number of nitrogens with zero attached hydrogens (tertiary/aromatic N) is 2. The predicted octanol–water partition coefficient (Wildman–Crippen LogP) is 3.82. The minimum absolute atomic E-state index is 0.00119. The smallest absolute Gasteiger partial charge is 0.309 e. The van der Waals surface area contributed by atoms with E-state index in [9.17, 15) is 14.4 Å². The Morgan fingerprint density at radius 2 is 1.76 bits per heavy atom. The van der Waals surface area contributed by atoms with E-state index < -0.39 is 0 Å². The van der Waals surface area contributed by atoms with Gasteiger partial charge in [0.2, 0.25) is 5.91 Å². The lowest BCUT2D eigenvalue weighted by atomic mass is 9.95. The minimum atomic E-state index is -0.333. The second-order valence-electron chi connectivity index (χ2n) is 9.04. The number of rotatable bonds is 5. The Morgan fingerprint density at radius 3 is 2.53 bits per heavy atom. The molecule has 0 bridgehead atoms. The van der Waals surface area contributed by atoms with E-state index in [1.54, 1.807) is 16.7 Å². The molecule has 5 rings (SSSR count). The Labute approximate surface area is 198 Å². The van der Waals surface area contributed by atoms with Crippen molar-refractivity contribution in [2.45, 2.75) is 32.7 Å². The number of piperidine rings is 1. The van der Waals surface area contributed by atoms with Crippen LogP contribution in [0.3, 0.4) is 0 Å². The summed E-state index contributed by atoms with van der Waals surface area (Å²) in [4.78, 5) is 45.7. The van der Waals surface area contributed by atoms with Crippen LogP contribution in [0.15, 0.2) is 48.5 Å². The van der Waals surface area contributed by atoms with Gasteiger partial charge in [0.05, 0.1) is 18.6 Å². The first-order valence-corrected chi connectivity index (χ1v) is 11.9. The van der Waals surface area contributed by atoms with E-state index in [0.717, 1.165) is 27.7 Å². The maximum Gasteiger partial charge on any atom is 0.309 e. The highest BCUT2D eigenvalue weighted by atomic mass is 16.5. The van der Waals surface area contributed by atoms with E-state index in [1.165, 1.54) is 0 Å². The van der Waals surface area contributed by atoms with Crippen LogP contribution in [0.2, 0.25) is 0 Å². The van der Waals surface area contributed by atoms with Gasteiger partial charge in [-0.1, -0.05) is 36.4 Å². The number of H-pyrrole nitrogens is 1. The summed E-state index contributed by atoms with van der Waals surface area (Å²) >= 11 is 0. The standard InChI is InChI=1S/C27H29N3O4/c1-3-34-27(33)18-12-14-29(15-13-18)23(31)16-30-25(19-8-4-5-9-20(19)26(30)32)24-17(2)28-22-11-7-6-10-21(22)24/h4-11,18,25,28H,3,12-16H2,1-2H3/t25-/m1/s1. The highest BCUT2D eigenvalue weighted by Crippen LogP contribution is 2.42. The second kappa shape index (κ2) is 8.97. The zero-order chi connectivity index (χ0) is 23.8. The largest absolute Gasteiger partial charge is 0.466 e. The van der Waals surface area contributed by atoms with Crippen LogP contribution < -0.4 is 0 Å². The number of benzene rings is 2. The third-order valence-electron chi connectivity index (χ3n) is 7.05. The molecule has 2 aromatic carbocycles. The Morgan fingerprint density at radius 1 is 1.06 bits per heavy atom. The van der Waals surface area contributed by atoms with Crippen molar-refractivity contribution in [3.05, 3.63) is 70.9 Å². The number of likely N-dealkylation sites (tertiary alicyclic amines) is 1. The summed E-state index contributed by atoms with van der Waals surface area (Å²) in [6, 6.07) is 15.3. The van der Waals surface area contributed by atoms with Gasteiger partial charge in [0.25, 0.3) is 5.91 Å². The van der Waals surface area contributed by atoms with Crippen LogP contribution in [-0.2, 0) is 14.3 Å². The highest BCUT2D eigenvalue weighted by Gasteiger charge is 2.41. The Hall–Kier alpha value is -3.61. The van der Waals surface area contributed by atoms with Crippen LogP contribution in [0.4, 0.5) is 0 Å². The fourth-order valence-electron chi connectivity index (χ4n) is 5.37. The number of aromatic amines is 1. The molecule has 0 radical (unpaired) electrons. The molecule has 0 spiro atoms. The molecule has 2 amide bonds. The first kappa shape index (κ1) is 22.2. The number of fused-ring (bicyclic) bond motifs is 2. The van der Waals surface area contributed by atoms with Crippen LogP contribution in [-0.4, -0.2) is 58.8 Å². The minimum Gasteiger partial charge on any atom is -0.466 e. The lowest BCUT2D eigenvalue weighted by molar-refractivity contribution is -0.151. The maximum atomic E-state index is 13.5. The van der Waals surface area contributed by atoms with Crippen molar-refractivity contribution < 1.29 is 19.1 Å². The van der Waals surface area contributed by atoms with Gasteiger partial charge in [-0.2, -0.15) is 0 Å². The van der Waals surface area contributed by atoms with E-state index in [1.807, 2.05) is 49.4 Å². The SMILES string of the molecule is CCOC(=O)C1CCN(C(=O)CN2C(=O)c3ccccc3[C@@H]2c2c(C)[nH]c3ccccc23)CC1. The fourth-order valence-corrected chi connectivity index (χ4v) is 5.37. The molecule has 2 aliphatic rings. The number of carbonyl (C=O) groups excluding carboxylic acids is 3. The number of hydrogen-bond donors (Lipinski definition) is 1. The summed E-state index contributed by atoms with van der Waals surface area (Å²) in [6.07, 6.45) is 1.17. The average Bonchev–Trinajstić information content (AvgIpc) is 3.32.